The lowest BCUT2D eigenvalue weighted by molar-refractivity contribution is -0.630. The highest BCUT2D eigenvalue weighted by Crippen LogP contribution is 2.16. The quantitative estimate of drug-likeness (QED) is 0.709. The SMILES string of the molecule is Cc1cccc(NC(=O)CCCn2c(N)[n+](C)c3ccccc32)c1. The fourth-order valence-corrected chi connectivity index (χ4v) is 2.98. The predicted molar refractivity (Wildman–Crippen MR) is 96.6 cm³/mol. The van der Waals surface area contributed by atoms with Crippen molar-refractivity contribution in [2.75, 3.05) is 11.1 Å². The Kier molecular flexibility index (Phi) is 4.51. The Labute approximate surface area is 141 Å². The van der Waals surface area contributed by atoms with Gasteiger partial charge >= 0.3 is 5.95 Å². The number of nitrogens with two attached hydrogens (primary N) is 1. The lowest BCUT2D eigenvalue weighted by atomic mass is 10.2. The van der Waals surface area contributed by atoms with E-state index in [2.05, 4.69) is 16.0 Å². The fourth-order valence-electron chi connectivity index (χ4n) is 2.98. The Balaban J connectivity index is 1.63. The van der Waals surface area contributed by atoms with Crippen LogP contribution in [-0.4, -0.2) is 10.5 Å². The minimum atomic E-state index is 0.0278. The molecule has 0 bridgehead atoms. The average molecular weight is 323 g/mol. The molecule has 0 aliphatic heterocycles. The molecule has 0 atom stereocenters. The number of hydrogen-bond donors (Lipinski definition) is 2. The van der Waals surface area contributed by atoms with Gasteiger partial charge in [-0.2, -0.15) is 0 Å². The number of nitrogens with zero attached hydrogens (tertiary/aromatic N) is 2. The van der Waals surface area contributed by atoms with Crippen molar-refractivity contribution in [1.82, 2.24) is 4.57 Å². The van der Waals surface area contributed by atoms with Gasteiger partial charge in [0, 0.05) is 12.1 Å². The second kappa shape index (κ2) is 6.74. The number of aromatic nitrogens is 2. The molecule has 0 saturated heterocycles. The van der Waals surface area contributed by atoms with Gasteiger partial charge in [-0.15, -0.1) is 0 Å². The number of aryl methyl sites for hydroxylation is 3. The maximum Gasteiger partial charge on any atom is 0.355 e. The zero-order valence-corrected chi connectivity index (χ0v) is 14.1. The maximum absolute atomic E-state index is 12.1. The van der Waals surface area contributed by atoms with Crippen molar-refractivity contribution in [2.45, 2.75) is 26.3 Å². The van der Waals surface area contributed by atoms with Gasteiger partial charge in [0.05, 0.1) is 13.6 Å². The molecule has 0 radical (unpaired) electrons. The van der Waals surface area contributed by atoms with Crippen molar-refractivity contribution >= 4 is 28.6 Å². The monoisotopic (exact) mass is 323 g/mol. The molecule has 0 unspecified atom stereocenters. The first-order valence-electron chi connectivity index (χ1n) is 8.15. The van der Waals surface area contributed by atoms with Crippen molar-refractivity contribution in [3.05, 3.63) is 54.1 Å². The third kappa shape index (κ3) is 3.25. The molecule has 1 heterocycles. The summed E-state index contributed by atoms with van der Waals surface area (Å²) in [5.74, 6) is 0.732. The van der Waals surface area contributed by atoms with Gasteiger partial charge in [0.15, 0.2) is 0 Å². The number of nitrogen functional groups attached to an aromatic ring is 1. The molecular weight excluding hydrogens is 300 g/mol. The van der Waals surface area contributed by atoms with Gasteiger partial charge in [-0.25, -0.2) is 9.13 Å². The summed E-state index contributed by atoms with van der Waals surface area (Å²) in [4.78, 5) is 12.1. The number of benzene rings is 2. The topological polar surface area (TPSA) is 63.9 Å². The summed E-state index contributed by atoms with van der Waals surface area (Å²) in [7, 11) is 1.96. The van der Waals surface area contributed by atoms with Crippen molar-refractivity contribution in [2.24, 2.45) is 7.05 Å². The second-order valence-electron chi connectivity index (χ2n) is 6.08. The predicted octanol–water partition coefficient (Wildman–Crippen LogP) is 2.78. The molecule has 124 valence electrons. The van der Waals surface area contributed by atoms with Crippen LogP contribution in [0.15, 0.2) is 48.5 Å². The normalized spacial score (nSPS) is 10.9. The first-order valence-corrected chi connectivity index (χ1v) is 8.15. The molecule has 1 aromatic heterocycles. The molecule has 5 heteroatoms. The Bertz CT molecular complexity index is 882. The smallest absolute Gasteiger partial charge is 0.326 e. The van der Waals surface area contributed by atoms with E-state index in [9.17, 15) is 4.79 Å². The molecule has 3 N–H and O–H groups in total. The summed E-state index contributed by atoms with van der Waals surface area (Å²) >= 11 is 0. The molecule has 24 heavy (non-hydrogen) atoms. The third-order valence-electron chi connectivity index (χ3n) is 4.24. The number of nitrogens with one attached hydrogen (secondary N) is 1. The minimum Gasteiger partial charge on any atom is -0.326 e. The van der Waals surface area contributed by atoms with Crippen molar-refractivity contribution < 1.29 is 9.36 Å². The van der Waals surface area contributed by atoms with Crippen molar-refractivity contribution in [3.8, 4) is 0 Å². The number of carbonyl (C=O) groups excluding carboxylic acids is 1. The fraction of sp³-hybridized carbons (Fsp3) is 0.263. The highest BCUT2D eigenvalue weighted by Gasteiger charge is 2.17. The van der Waals surface area contributed by atoms with Gasteiger partial charge in [0.1, 0.15) is 11.0 Å². The average Bonchev–Trinajstić information content (AvgIpc) is 2.80. The van der Waals surface area contributed by atoms with Crippen LogP contribution in [0.2, 0.25) is 0 Å². The number of rotatable bonds is 5. The van der Waals surface area contributed by atoms with Gasteiger partial charge in [-0.3, -0.25) is 10.5 Å². The molecule has 2 aromatic carbocycles. The number of fused-ring (bicyclic) bond motifs is 1. The van der Waals surface area contributed by atoms with E-state index in [1.54, 1.807) is 0 Å². The van der Waals surface area contributed by atoms with Crippen LogP contribution in [0, 0.1) is 6.92 Å². The van der Waals surface area contributed by atoms with E-state index in [4.69, 9.17) is 5.73 Å². The summed E-state index contributed by atoms with van der Waals surface area (Å²) in [6.07, 6.45) is 1.20. The molecule has 0 spiro atoms. The Morgan fingerprint density at radius 2 is 2.00 bits per heavy atom. The lowest BCUT2D eigenvalue weighted by Gasteiger charge is -2.06. The van der Waals surface area contributed by atoms with Crippen LogP contribution in [0.3, 0.4) is 0 Å². The number of hydrogen-bond acceptors (Lipinski definition) is 2. The Morgan fingerprint density at radius 3 is 2.79 bits per heavy atom. The number of imidazole rings is 1. The molecular formula is C19H23N4O+. The molecule has 3 aromatic rings. The van der Waals surface area contributed by atoms with E-state index in [1.165, 1.54) is 0 Å². The number of anilines is 2. The van der Waals surface area contributed by atoms with Crippen molar-refractivity contribution in [1.29, 1.82) is 0 Å². The highest BCUT2D eigenvalue weighted by molar-refractivity contribution is 5.90. The van der Waals surface area contributed by atoms with Crippen LogP contribution in [0.5, 0.6) is 0 Å². The summed E-state index contributed by atoms with van der Waals surface area (Å²) in [6.45, 7) is 2.73. The van der Waals surface area contributed by atoms with Gasteiger partial charge in [0.2, 0.25) is 5.91 Å². The van der Waals surface area contributed by atoms with Crippen LogP contribution in [0.1, 0.15) is 18.4 Å². The summed E-state index contributed by atoms with van der Waals surface area (Å²) in [5.41, 5.74) is 10.4. The maximum atomic E-state index is 12.1. The van der Waals surface area contributed by atoms with Gasteiger partial charge < -0.3 is 5.32 Å². The molecule has 0 fully saturated rings. The van der Waals surface area contributed by atoms with E-state index < -0.39 is 0 Å². The van der Waals surface area contributed by atoms with E-state index in [1.807, 2.05) is 61.0 Å². The standard InChI is InChI=1S/C19H22N4O/c1-14-7-5-8-15(13-14)21-18(24)11-6-12-23-17-10-4-3-9-16(17)22(2)19(23)20/h3-5,7-10,13,20H,6,11-12H2,1-2H3,(H,21,24)/p+1. The molecule has 0 aliphatic rings. The van der Waals surface area contributed by atoms with Crippen LogP contribution in [0.25, 0.3) is 11.0 Å². The molecule has 5 nitrogen and oxygen atoms in total. The molecule has 0 aliphatic carbocycles. The van der Waals surface area contributed by atoms with Crippen molar-refractivity contribution in [3.63, 3.8) is 0 Å². The number of amides is 1. The molecule has 3 rings (SSSR count). The van der Waals surface area contributed by atoms with Crippen LogP contribution in [-0.2, 0) is 18.4 Å². The zero-order chi connectivity index (χ0) is 17.1. The third-order valence-corrected chi connectivity index (χ3v) is 4.24. The van der Waals surface area contributed by atoms with Crippen LogP contribution in [0.4, 0.5) is 11.6 Å². The van der Waals surface area contributed by atoms with E-state index in [-0.39, 0.29) is 5.91 Å². The first kappa shape index (κ1) is 16.1. The molecule has 1 amide bonds. The Morgan fingerprint density at radius 1 is 1.21 bits per heavy atom. The van der Waals surface area contributed by atoms with E-state index >= 15 is 0 Å². The Hall–Kier alpha value is -2.82. The minimum absolute atomic E-state index is 0.0278. The summed E-state index contributed by atoms with van der Waals surface area (Å²) in [5, 5.41) is 2.94. The lowest BCUT2D eigenvalue weighted by Crippen LogP contribution is -2.31. The number of carbonyl (C=O) groups is 1. The molecule has 0 saturated carbocycles. The number of para-hydroxylation sites is 2. The van der Waals surface area contributed by atoms with E-state index in [0.717, 1.165) is 28.7 Å². The summed E-state index contributed by atoms with van der Waals surface area (Å²) in [6, 6.07) is 15.9. The first-order chi connectivity index (χ1) is 11.6. The van der Waals surface area contributed by atoms with Gasteiger partial charge in [-0.05, 0) is 43.2 Å². The zero-order valence-electron chi connectivity index (χ0n) is 14.1. The highest BCUT2D eigenvalue weighted by atomic mass is 16.1. The van der Waals surface area contributed by atoms with Gasteiger partial charge in [0.25, 0.3) is 0 Å². The van der Waals surface area contributed by atoms with Crippen LogP contribution >= 0.6 is 0 Å². The van der Waals surface area contributed by atoms with E-state index in [0.29, 0.717) is 18.9 Å². The second-order valence-corrected chi connectivity index (χ2v) is 6.08. The largest absolute Gasteiger partial charge is 0.355 e. The van der Waals surface area contributed by atoms with Crippen LogP contribution < -0.4 is 15.6 Å². The summed E-state index contributed by atoms with van der Waals surface area (Å²) < 4.78 is 4.04. The van der Waals surface area contributed by atoms with Gasteiger partial charge in [-0.1, -0.05) is 24.3 Å².